The molecule has 19 nitrogen and oxygen atoms in total. The highest BCUT2D eigenvalue weighted by Gasteiger charge is 2.54. The Labute approximate surface area is 340 Å². The number of benzene rings is 1. The highest BCUT2D eigenvalue weighted by Crippen LogP contribution is 2.42. The minimum absolute atomic E-state index is 0.0372. The van der Waals surface area contributed by atoms with E-state index in [-0.39, 0.29) is 56.2 Å². The Hall–Kier alpha value is -5.07. The van der Waals surface area contributed by atoms with Gasteiger partial charge in [0.15, 0.2) is 26.7 Å². The molecule has 0 saturated carbocycles. The van der Waals surface area contributed by atoms with Crippen molar-refractivity contribution in [3.63, 3.8) is 0 Å². The van der Waals surface area contributed by atoms with E-state index in [0.29, 0.717) is 20.6 Å². The average Bonchev–Trinajstić information content (AvgIpc) is 3.78. The van der Waals surface area contributed by atoms with Crippen molar-refractivity contribution in [2.45, 2.75) is 29.6 Å². The van der Waals surface area contributed by atoms with Crippen LogP contribution in [0, 0.1) is 13.8 Å². The first-order chi connectivity index (χ1) is 26.7. The monoisotopic (exact) mass is 882 g/mol. The number of esters is 2. The molecule has 1 fully saturated rings. The van der Waals surface area contributed by atoms with Gasteiger partial charge in [-0.25, -0.2) is 19.6 Å². The molecule has 0 aliphatic carbocycles. The van der Waals surface area contributed by atoms with Crippen LogP contribution < -0.4 is 26.1 Å². The molecular weight excluding hydrogens is 860 g/mol. The lowest BCUT2D eigenvalue weighted by Gasteiger charge is -2.49. The number of thioether (sulfide) groups is 2. The molecule has 292 valence electrons. The number of amides is 2. The molecule has 0 radical (unpaired) electrons. The topological polar surface area (TPSA) is 264 Å². The van der Waals surface area contributed by atoms with Crippen molar-refractivity contribution in [2.75, 3.05) is 29.0 Å². The number of thiazole rings is 1. The smallest absolute Gasteiger partial charge is 0.366 e. The Balaban J connectivity index is 1.19. The molecule has 1 saturated heterocycles. The number of hydrogen-bond donors (Lipinski definition) is 3. The summed E-state index contributed by atoms with van der Waals surface area (Å²) >= 11 is 15.6. The van der Waals surface area contributed by atoms with Crippen molar-refractivity contribution in [1.29, 1.82) is 0 Å². The Morgan fingerprint density at radius 3 is 2.41 bits per heavy atom. The van der Waals surface area contributed by atoms with Gasteiger partial charge in [0.1, 0.15) is 34.6 Å². The number of nitrogens with one attached hydrogen (secondary N) is 1. The standard InChI is InChI=1S/C31H24Cl2N8O11S4/c1-11-3-16(50-19(43)6-32)17(51-20(44)7-33)5-14(11)28(49)52-39-21(15-10-54-29(34)36-15)24(45)37-22-25(46)40-23(27(47)48)13(8-53-26(22)40)9-55-31-38-41-18(42)4-12(2)35-30(41)56-31/h3-5,10,22,26H,6-9H2,1-2H3,(H2,34,36)(H,37,45)(H,47,48)/b39-21+/t22-,26-/m1/s1. The molecule has 2 aliphatic heterocycles. The average molecular weight is 884 g/mol. The van der Waals surface area contributed by atoms with Crippen LogP contribution in [0.3, 0.4) is 0 Å². The number of ether oxygens (including phenoxy) is 2. The van der Waals surface area contributed by atoms with Crippen molar-refractivity contribution >= 4 is 121 Å². The highest BCUT2D eigenvalue weighted by molar-refractivity contribution is 8.02. The first kappa shape index (κ1) is 40.6. The second-order valence-corrected chi connectivity index (χ2v) is 16.1. The maximum atomic E-state index is 13.6. The van der Waals surface area contributed by atoms with Crippen LogP contribution in [-0.4, -0.2) is 106 Å². The van der Waals surface area contributed by atoms with Crippen LogP contribution in [0.2, 0.25) is 0 Å². The number of nitrogens with zero attached hydrogens (tertiary/aromatic N) is 6. The number of aliphatic carboxylic acids is 1. The predicted molar refractivity (Wildman–Crippen MR) is 205 cm³/mol. The van der Waals surface area contributed by atoms with Gasteiger partial charge in [-0.1, -0.05) is 28.3 Å². The maximum absolute atomic E-state index is 13.6. The summed E-state index contributed by atoms with van der Waals surface area (Å²) in [4.78, 5) is 104. The van der Waals surface area contributed by atoms with E-state index in [9.17, 15) is 38.7 Å². The van der Waals surface area contributed by atoms with E-state index in [1.807, 2.05) is 0 Å². The summed E-state index contributed by atoms with van der Waals surface area (Å²) in [5.41, 5.74) is 5.43. The van der Waals surface area contributed by atoms with E-state index >= 15 is 0 Å². The van der Waals surface area contributed by atoms with Crippen LogP contribution in [0.5, 0.6) is 11.5 Å². The Morgan fingerprint density at radius 1 is 1.07 bits per heavy atom. The van der Waals surface area contributed by atoms with Crippen molar-refractivity contribution in [1.82, 2.24) is 29.8 Å². The van der Waals surface area contributed by atoms with E-state index in [4.69, 9.17) is 43.2 Å². The second-order valence-electron chi connectivity index (χ2n) is 11.4. The number of anilines is 1. The molecule has 6 rings (SSSR count). The minimum atomic E-state index is -1.35. The van der Waals surface area contributed by atoms with Gasteiger partial charge >= 0.3 is 23.9 Å². The summed E-state index contributed by atoms with van der Waals surface area (Å²) < 4.78 is 11.8. The summed E-state index contributed by atoms with van der Waals surface area (Å²) in [6.45, 7) is 3.13. The summed E-state index contributed by atoms with van der Waals surface area (Å²) in [6, 6.07) is 2.38. The number of nitrogen functional groups attached to an aromatic ring is 1. The number of alkyl halides is 2. The zero-order valence-electron chi connectivity index (χ0n) is 28.5. The molecule has 4 aromatic rings. The molecule has 0 bridgehead atoms. The molecule has 56 heavy (non-hydrogen) atoms. The molecule has 3 aromatic heterocycles. The van der Waals surface area contributed by atoms with Gasteiger partial charge in [0.2, 0.25) is 4.96 Å². The third kappa shape index (κ3) is 8.51. The Morgan fingerprint density at radius 2 is 1.77 bits per heavy atom. The number of aryl methyl sites for hydroxylation is 2. The Bertz CT molecular complexity index is 2450. The first-order valence-corrected chi connectivity index (χ1v) is 20.4. The van der Waals surface area contributed by atoms with Crippen LogP contribution in [0.4, 0.5) is 5.13 Å². The summed E-state index contributed by atoms with van der Waals surface area (Å²) in [5, 5.41) is 21.2. The molecule has 4 N–H and O–H groups in total. The normalized spacial score (nSPS) is 16.6. The van der Waals surface area contributed by atoms with Crippen molar-refractivity contribution in [3.8, 4) is 11.5 Å². The third-order valence-corrected chi connectivity index (χ3v) is 12.2. The lowest BCUT2D eigenvalue weighted by molar-refractivity contribution is -0.150. The fourth-order valence-corrected chi connectivity index (χ4v) is 9.32. The molecule has 0 spiro atoms. The minimum Gasteiger partial charge on any atom is -0.477 e. The number of β-lactam (4-membered cyclic amide) rings is 1. The molecule has 2 amide bonds. The van der Waals surface area contributed by atoms with Gasteiger partial charge in [-0.3, -0.25) is 28.9 Å². The SMILES string of the molecule is Cc1cc(=O)n2nc(SCC3=C(C(=O)O)N4C(=O)[C@@H](NC(=O)/C(=N/OC(=O)c5cc(OC(=O)CCl)c(OC(=O)CCl)cc5C)c5csc(N)n5)[C@H]4SC3)sc2n1. The van der Waals surface area contributed by atoms with Gasteiger partial charge in [0.25, 0.3) is 17.4 Å². The van der Waals surface area contributed by atoms with Gasteiger partial charge in [-0.05, 0) is 37.1 Å². The van der Waals surface area contributed by atoms with Crippen molar-refractivity contribution in [3.05, 3.63) is 67.7 Å². The molecule has 2 aliphatic rings. The van der Waals surface area contributed by atoms with E-state index in [1.54, 1.807) is 6.92 Å². The fraction of sp³-hybridized carbons (Fsp3) is 0.258. The zero-order chi connectivity index (χ0) is 40.4. The first-order valence-electron chi connectivity index (χ1n) is 15.6. The fourth-order valence-electron chi connectivity index (χ4n) is 5.19. The quantitative estimate of drug-likeness (QED) is 0.0254. The maximum Gasteiger partial charge on any atom is 0.366 e. The molecule has 25 heteroatoms. The van der Waals surface area contributed by atoms with Gasteiger partial charge in [-0.2, -0.15) is 4.52 Å². The number of carbonyl (C=O) groups is 6. The number of aromatic nitrogens is 4. The lowest BCUT2D eigenvalue weighted by atomic mass is 10.0. The van der Waals surface area contributed by atoms with E-state index in [1.165, 1.54) is 48.0 Å². The van der Waals surface area contributed by atoms with Gasteiger partial charge < -0.3 is 30.5 Å². The number of carboxylic acid groups (broad SMARTS) is 1. The largest absolute Gasteiger partial charge is 0.477 e. The van der Waals surface area contributed by atoms with Gasteiger partial charge in [0.05, 0.1) is 5.56 Å². The summed E-state index contributed by atoms with van der Waals surface area (Å²) in [5.74, 6) is -7.42. The van der Waals surface area contributed by atoms with E-state index in [0.717, 1.165) is 38.2 Å². The van der Waals surface area contributed by atoms with Crippen molar-refractivity contribution < 1.29 is 48.2 Å². The second kappa shape index (κ2) is 17.0. The number of nitrogens with two attached hydrogens (primary N) is 1. The summed E-state index contributed by atoms with van der Waals surface area (Å²) in [6.07, 6.45) is 0. The molecule has 1 aromatic carbocycles. The van der Waals surface area contributed by atoms with Crippen LogP contribution in [0.1, 0.15) is 27.3 Å². The van der Waals surface area contributed by atoms with E-state index < -0.39 is 64.6 Å². The van der Waals surface area contributed by atoms with Crippen LogP contribution in [-0.2, 0) is 28.8 Å². The molecule has 2 atom stereocenters. The highest BCUT2D eigenvalue weighted by atomic mass is 35.5. The van der Waals surface area contributed by atoms with Gasteiger partial charge in [-0.15, -0.1) is 51.4 Å². The van der Waals surface area contributed by atoms with Gasteiger partial charge in [0, 0.05) is 28.6 Å². The lowest BCUT2D eigenvalue weighted by Crippen LogP contribution is -2.71. The summed E-state index contributed by atoms with van der Waals surface area (Å²) in [7, 11) is 0. The van der Waals surface area contributed by atoms with E-state index in [2.05, 4.69) is 25.5 Å². The number of rotatable bonds is 13. The molecular formula is C31H24Cl2N8O11S4. The number of hydrogen-bond acceptors (Lipinski definition) is 19. The van der Waals surface area contributed by atoms with Crippen molar-refractivity contribution in [2.24, 2.45) is 5.16 Å². The number of halogens is 2. The molecule has 0 unspecified atom stereocenters. The number of fused-ring (bicyclic) bond motifs is 2. The number of oxime groups is 1. The predicted octanol–water partition coefficient (Wildman–Crippen LogP) is 2.19. The van der Waals surface area contributed by atoms with Crippen LogP contribution >= 0.6 is 69.4 Å². The number of carboxylic acids is 1. The zero-order valence-corrected chi connectivity index (χ0v) is 33.2. The van der Waals surface area contributed by atoms with Crippen LogP contribution in [0.25, 0.3) is 4.96 Å². The third-order valence-electron chi connectivity index (χ3n) is 7.64. The van der Waals surface area contributed by atoms with Crippen LogP contribution in [0.15, 0.2) is 49.1 Å². The Kier molecular flexibility index (Phi) is 12.3. The molecule has 5 heterocycles. The number of carbonyl (C=O) groups excluding carboxylic acids is 5.